The van der Waals surface area contributed by atoms with E-state index in [4.69, 9.17) is 0 Å². The monoisotopic (exact) mass is 171 g/mol. The highest BCUT2D eigenvalue weighted by Gasteiger charge is 2.11. The van der Waals surface area contributed by atoms with Gasteiger partial charge >= 0.3 is 0 Å². The fourth-order valence-electron chi connectivity index (χ4n) is 1.74. The van der Waals surface area contributed by atoms with Crippen molar-refractivity contribution in [1.82, 2.24) is 5.32 Å². The Bertz CT molecular complexity index is 75.1. The summed E-state index contributed by atoms with van der Waals surface area (Å²) in [4.78, 5) is 0. The first kappa shape index (κ1) is 12.0. The highest BCUT2D eigenvalue weighted by Crippen LogP contribution is 2.22. The fourth-order valence-corrected chi connectivity index (χ4v) is 1.74. The lowest BCUT2D eigenvalue weighted by Crippen LogP contribution is -2.23. The Morgan fingerprint density at radius 3 is 2.17 bits per heavy atom. The van der Waals surface area contributed by atoms with Gasteiger partial charge in [-0.3, -0.25) is 0 Å². The van der Waals surface area contributed by atoms with Gasteiger partial charge in [-0.1, -0.05) is 40.0 Å². The maximum absolute atomic E-state index is 3.42. The molecule has 0 amide bonds. The standard InChI is InChI=1S/C9H19N.C2H6/c1-2-10-8-9-6-4-3-5-7-9;1-2/h9-10H,2-8H2,1H3;1-2H3. The fraction of sp³-hybridized carbons (Fsp3) is 1.00. The van der Waals surface area contributed by atoms with Crippen LogP contribution < -0.4 is 5.32 Å². The second kappa shape index (κ2) is 9.05. The van der Waals surface area contributed by atoms with Gasteiger partial charge in [0.15, 0.2) is 0 Å². The van der Waals surface area contributed by atoms with Gasteiger partial charge in [0.1, 0.15) is 0 Å². The van der Waals surface area contributed by atoms with Crippen LogP contribution in [-0.4, -0.2) is 13.1 Å². The number of rotatable bonds is 3. The molecule has 0 saturated heterocycles. The minimum absolute atomic E-state index is 0.994. The van der Waals surface area contributed by atoms with Crippen LogP contribution in [0.1, 0.15) is 52.9 Å². The zero-order valence-corrected chi connectivity index (χ0v) is 9.03. The Morgan fingerprint density at radius 2 is 1.67 bits per heavy atom. The third kappa shape index (κ3) is 5.59. The molecule has 1 fully saturated rings. The third-order valence-corrected chi connectivity index (χ3v) is 2.41. The van der Waals surface area contributed by atoms with E-state index >= 15 is 0 Å². The Morgan fingerprint density at radius 1 is 1.08 bits per heavy atom. The lowest BCUT2D eigenvalue weighted by atomic mass is 9.89. The van der Waals surface area contributed by atoms with Gasteiger partial charge in [0.25, 0.3) is 0 Å². The average molecular weight is 171 g/mol. The molecule has 1 nitrogen and oxygen atoms in total. The van der Waals surface area contributed by atoms with E-state index in [1.165, 1.54) is 38.6 Å². The normalized spacial score (nSPS) is 18.2. The molecule has 0 bridgehead atoms. The zero-order valence-electron chi connectivity index (χ0n) is 9.03. The predicted molar refractivity (Wildman–Crippen MR) is 56.5 cm³/mol. The molecule has 12 heavy (non-hydrogen) atoms. The van der Waals surface area contributed by atoms with Crippen LogP contribution in [-0.2, 0) is 0 Å². The molecule has 1 aliphatic carbocycles. The van der Waals surface area contributed by atoms with E-state index < -0.39 is 0 Å². The number of hydrogen-bond acceptors (Lipinski definition) is 1. The quantitative estimate of drug-likeness (QED) is 0.687. The summed E-state index contributed by atoms with van der Waals surface area (Å²) >= 11 is 0. The average Bonchev–Trinajstić information content (AvgIpc) is 2.19. The van der Waals surface area contributed by atoms with Crippen LogP contribution in [0.3, 0.4) is 0 Å². The second-order valence-corrected chi connectivity index (χ2v) is 3.31. The molecule has 0 aromatic rings. The molecule has 1 saturated carbocycles. The SMILES string of the molecule is CC.CCNCC1CCCCC1. The molecular weight excluding hydrogens is 146 g/mol. The zero-order chi connectivity index (χ0) is 9.23. The molecule has 0 aromatic heterocycles. The van der Waals surface area contributed by atoms with Crippen molar-refractivity contribution in [3.05, 3.63) is 0 Å². The third-order valence-electron chi connectivity index (χ3n) is 2.41. The highest BCUT2D eigenvalue weighted by molar-refractivity contribution is 4.67. The Labute approximate surface area is 77.9 Å². The van der Waals surface area contributed by atoms with Gasteiger partial charge in [-0.25, -0.2) is 0 Å². The van der Waals surface area contributed by atoms with Crippen molar-refractivity contribution in [2.75, 3.05) is 13.1 Å². The molecule has 0 aromatic carbocycles. The van der Waals surface area contributed by atoms with Crippen LogP contribution in [0.4, 0.5) is 0 Å². The van der Waals surface area contributed by atoms with Crippen molar-refractivity contribution in [3.8, 4) is 0 Å². The van der Waals surface area contributed by atoms with Gasteiger partial charge in [-0.05, 0) is 31.8 Å². The molecule has 1 N–H and O–H groups in total. The van der Waals surface area contributed by atoms with Gasteiger partial charge < -0.3 is 5.32 Å². The molecule has 1 rings (SSSR count). The van der Waals surface area contributed by atoms with Gasteiger partial charge in [0, 0.05) is 0 Å². The molecule has 0 heterocycles. The first-order valence-electron chi connectivity index (χ1n) is 5.64. The number of nitrogens with one attached hydrogen (secondary N) is 1. The summed E-state index contributed by atoms with van der Waals surface area (Å²) in [7, 11) is 0. The summed E-state index contributed by atoms with van der Waals surface area (Å²) in [6.45, 7) is 8.58. The molecule has 74 valence electrons. The van der Waals surface area contributed by atoms with Crippen molar-refractivity contribution >= 4 is 0 Å². The molecule has 0 radical (unpaired) electrons. The summed E-state index contributed by atoms with van der Waals surface area (Å²) in [5.74, 6) is 0.994. The van der Waals surface area contributed by atoms with E-state index in [9.17, 15) is 0 Å². The first-order chi connectivity index (χ1) is 5.93. The first-order valence-corrected chi connectivity index (χ1v) is 5.64. The summed E-state index contributed by atoms with van der Waals surface area (Å²) in [6.07, 6.45) is 7.34. The minimum atomic E-state index is 0.994. The molecule has 0 aliphatic heterocycles. The topological polar surface area (TPSA) is 12.0 Å². The Balaban J connectivity index is 0.000000561. The Kier molecular flexibility index (Phi) is 9.02. The van der Waals surface area contributed by atoms with E-state index in [-0.39, 0.29) is 0 Å². The van der Waals surface area contributed by atoms with Gasteiger partial charge in [-0.15, -0.1) is 0 Å². The van der Waals surface area contributed by atoms with Gasteiger partial charge in [0.2, 0.25) is 0 Å². The Hall–Kier alpha value is -0.0400. The van der Waals surface area contributed by atoms with Crippen LogP contribution in [0.15, 0.2) is 0 Å². The molecule has 1 heteroatoms. The van der Waals surface area contributed by atoms with Crippen LogP contribution >= 0.6 is 0 Å². The van der Waals surface area contributed by atoms with Crippen LogP contribution in [0.25, 0.3) is 0 Å². The minimum Gasteiger partial charge on any atom is -0.317 e. The van der Waals surface area contributed by atoms with Gasteiger partial charge in [0.05, 0.1) is 0 Å². The largest absolute Gasteiger partial charge is 0.317 e. The maximum Gasteiger partial charge on any atom is -0.00206 e. The highest BCUT2D eigenvalue weighted by atomic mass is 14.8. The molecule has 1 aliphatic rings. The predicted octanol–water partition coefficient (Wildman–Crippen LogP) is 3.20. The van der Waals surface area contributed by atoms with E-state index in [1.807, 2.05) is 13.8 Å². The van der Waals surface area contributed by atoms with Gasteiger partial charge in [-0.2, -0.15) is 0 Å². The van der Waals surface area contributed by atoms with Crippen LogP contribution in [0.5, 0.6) is 0 Å². The van der Waals surface area contributed by atoms with Crippen molar-refractivity contribution in [3.63, 3.8) is 0 Å². The van der Waals surface area contributed by atoms with E-state index in [0.717, 1.165) is 12.5 Å². The van der Waals surface area contributed by atoms with Crippen LogP contribution in [0.2, 0.25) is 0 Å². The molecule has 0 unspecified atom stereocenters. The molecule has 0 spiro atoms. The van der Waals surface area contributed by atoms with E-state index in [0.29, 0.717) is 0 Å². The lowest BCUT2D eigenvalue weighted by Gasteiger charge is -2.21. The van der Waals surface area contributed by atoms with Crippen molar-refractivity contribution in [1.29, 1.82) is 0 Å². The van der Waals surface area contributed by atoms with Crippen molar-refractivity contribution in [2.24, 2.45) is 5.92 Å². The summed E-state index contributed by atoms with van der Waals surface area (Å²) in [5, 5.41) is 3.42. The number of hydrogen-bond donors (Lipinski definition) is 1. The van der Waals surface area contributed by atoms with E-state index in [2.05, 4.69) is 12.2 Å². The maximum atomic E-state index is 3.42. The molecular formula is C11H25N. The lowest BCUT2D eigenvalue weighted by molar-refractivity contribution is 0.345. The smallest absolute Gasteiger partial charge is 0.00206 e. The summed E-state index contributed by atoms with van der Waals surface area (Å²) in [6, 6.07) is 0. The van der Waals surface area contributed by atoms with Crippen molar-refractivity contribution in [2.45, 2.75) is 52.9 Å². The van der Waals surface area contributed by atoms with Crippen LogP contribution in [0, 0.1) is 5.92 Å². The summed E-state index contributed by atoms with van der Waals surface area (Å²) < 4.78 is 0. The second-order valence-electron chi connectivity index (χ2n) is 3.31. The van der Waals surface area contributed by atoms with Crippen molar-refractivity contribution < 1.29 is 0 Å². The van der Waals surface area contributed by atoms with E-state index in [1.54, 1.807) is 0 Å². The summed E-state index contributed by atoms with van der Waals surface area (Å²) in [5.41, 5.74) is 0. The molecule has 0 atom stereocenters.